The zero-order valence-electron chi connectivity index (χ0n) is 13.1. The number of benzene rings is 2. The SMILES string of the molecule is CCCc1ccc(COC(F)(F)Cc2cc(F)c(F)c(F)c2)cc1. The van der Waals surface area contributed by atoms with Gasteiger partial charge in [0.05, 0.1) is 13.0 Å². The summed E-state index contributed by atoms with van der Waals surface area (Å²) in [7, 11) is 0. The highest BCUT2D eigenvalue weighted by atomic mass is 19.3. The van der Waals surface area contributed by atoms with Crippen molar-refractivity contribution in [2.45, 2.75) is 38.9 Å². The molecule has 0 fully saturated rings. The van der Waals surface area contributed by atoms with E-state index in [0.717, 1.165) is 18.4 Å². The Balaban J connectivity index is 1.98. The highest BCUT2D eigenvalue weighted by molar-refractivity contribution is 5.22. The fraction of sp³-hybridized carbons (Fsp3) is 0.333. The topological polar surface area (TPSA) is 9.23 Å². The maximum Gasteiger partial charge on any atom is 0.360 e. The first-order valence-corrected chi connectivity index (χ1v) is 7.54. The third kappa shape index (κ3) is 5.03. The fourth-order valence-electron chi connectivity index (χ4n) is 2.28. The van der Waals surface area contributed by atoms with Gasteiger partial charge in [-0.05, 0) is 35.2 Å². The van der Waals surface area contributed by atoms with Crippen LogP contribution in [0.2, 0.25) is 0 Å². The molecule has 24 heavy (non-hydrogen) atoms. The molecule has 130 valence electrons. The fourth-order valence-corrected chi connectivity index (χ4v) is 2.28. The zero-order valence-corrected chi connectivity index (χ0v) is 13.1. The summed E-state index contributed by atoms with van der Waals surface area (Å²) in [4.78, 5) is 0. The Bertz CT molecular complexity index is 659. The van der Waals surface area contributed by atoms with Crippen LogP contribution in [0.3, 0.4) is 0 Å². The maximum atomic E-state index is 13.8. The molecule has 1 nitrogen and oxygen atoms in total. The van der Waals surface area contributed by atoms with Gasteiger partial charge in [0.2, 0.25) is 0 Å². The van der Waals surface area contributed by atoms with E-state index in [0.29, 0.717) is 17.7 Å². The van der Waals surface area contributed by atoms with Gasteiger partial charge in [0.15, 0.2) is 17.5 Å². The second-order valence-electron chi connectivity index (χ2n) is 5.54. The second-order valence-corrected chi connectivity index (χ2v) is 5.54. The lowest BCUT2D eigenvalue weighted by Gasteiger charge is -2.17. The third-order valence-corrected chi connectivity index (χ3v) is 3.47. The normalized spacial score (nSPS) is 11.8. The van der Waals surface area contributed by atoms with Gasteiger partial charge in [0.1, 0.15) is 0 Å². The van der Waals surface area contributed by atoms with Crippen molar-refractivity contribution in [3.05, 3.63) is 70.5 Å². The molecule has 0 aliphatic carbocycles. The predicted molar refractivity (Wildman–Crippen MR) is 80.2 cm³/mol. The van der Waals surface area contributed by atoms with E-state index in [1.807, 2.05) is 19.1 Å². The highest BCUT2D eigenvalue weighted by Crippen LogP contribution is 2.25. The molecule has 0 amide bonds. The smallest absolute Gasteiger partial charge is 0.315 e. The van der Waals surface area contributed by atoms with E-state index < -0.39 is 30.0 Å². The van der Waals surface area contributed by atoms with Crippen molar-refractivity contribution in [1.29, 1.82) is 0 Å². The summed E-state index contributed by atoms with van der Waals surface area (Å²) >= 11 is 0. The van der Waals surface area contributed by atoms with Crippen LogP contribution >= 0.6 is 0 Å². The Morgan fingerprint density at radius 1 is 0.875 bits per heavy atom. The number of hydrogen-bond acceptors (Lipinski definition) is 1. The number of ether oxygens (including phenoxy) is 1. The number of aryl methyl sites for hydroxylation is 1. The first-order valence-electron chi connectivity index (χ1n) is 7.54. The Morgan fingerprint density at radius 3 is 1.96 bits per heavy atom. The van der Waals surface area contributed by atoms with Gasteiger partial charge in [0.25, 0.3) is 0 Å². The summed E-state index contributed by atoms with van der Waals surface area (Å²) in [6.07, 6.45) is -2.79. The standard InChI is InChI=1S/C18H17F5O/c1-2-3-12-4-6-13(7-5-12)11-24-18(22,23)10-14-8-15(19)17(21)16(20)9-14/h4-9H,2-3,10-11H2,1H3. The van der Waals surface area contributed by atoms with E-state index in [-0.39, 0.29) is 12.2 Å². The van der Waals surface area contributed by atoms with Gasteiger partial charge in [-0.2, -0.15) is 8.78 Å². The molecule has 0 aliphatic rings. The Labute approximate surface area is 137 Å². The van der Waals surface area contributed by atoms with Crippen molar-refractivity contribution in [2.24, 2.45) is 0 Å². The van der Waals surface area contributed by atoms with Crippen molar-refractivity contribution in [1.82, 2.24) is 0 Å². The molecule has 0 bridgehead atoms. The first-order chi connectivity index (χ1) is 11.3. The van der Waals surface area contributed by atoms with Gasteiger partial charge in [0, 0.05) is 0 Å². The van der Waals surface area contributed by atoms with Crippen LogP contribution in [0, 0.1) is 17.5 Å². The summed E-state index contributed by atoms with van der Waals surface area (Å²) in [6.45, 7) is 1.70. The molecule has 0 saturated heterocycles. The van der Waals surface area contributed by atoms with Crippen molar-refractivity contribution in [2.75, 3.05) is 0 Å². The number of hydrogen-bond donors (Lipinski definition) is 0. The van der Waals surface area contributed by atoms with Crippen molar-refractivity contribution in [3.63, 3.8) is 0 Å². The summed E-state index contributed by atoms with van der Waals surface area (Å²) in [5.74, 6) is -4.70. The van der Waals surface area contributed by atoms with E-state index >= 15 is 0 Å². The highest BCUT2D eigenvalue weighted by Gasteiger charge is 2.31. The van der Waals surface area contributed by atoms with Crippen LogP contribution in [0.5, 0.6) is 0 Å². The van der Waals surface area contributed by atoms with Gasteiger partial charge in [-0.15, -0.1) is 0 Å². The molecular formula is C18H17F5O. The minimum Gasteiger partial charge on any atom is -0.315 e. The summed E-state index contributed by atoms with van der Waals surface area (Å²) in [5.41, 5.74) is 1.28. The van der Waals surface area contributed by atoms with E-state index in [4.69, 9.17) is 0 Å². The van der Waals surface area contributed by atoms with Crippen LogP contribution < -0.4 is 0 Å². The molecule has 2 aromatic carbocycles. The third-order valence-electron chi connectivity index (χ3n) is 3.47. The predicted octanol–water partition coefficient (Wildman–Crippen LogP) is 5.41. The lowest BCUT2D eigenvalue weighted by Crippen LogP contribution is -2.24. The minimum absolute atomic E-state index is 0.342. The molecular weight excluding hydrogens is 327 g/mol. The van der Waals surface area contributed by atoms with E-state index in [9.17, 15) is 22.0 Å². The molecule has 0 atom stereocenters. The Hall–Kier alpha value is -1.95. The summed E-state index contributed by atoms with van der Waals surface area (Å²) in [6, 6.07) is 8.14. The largest absolute Gasteiger partial charge is 0.360 e. The quantitative estimate of drug-likeness (QED) is 0.482. The lowest BCUT2D eigenvalue weighted by atomic mass is 10.1. The number of rotatable bonds is 7. The molecule has 6 heteroatoms. The van der Waals surface area contributed by atoms with Crippen LogP contribution in [-0.2, 0) is 24.2 Å². The van der Waals surface area contributed by atoms with E-state index in [2.05, 4.69) is 4.74 Å². The van der Waals surface area contributed by atoms with Crippen LogP contribution in [0.4, 0.5) is 22.0 Å². The molecule has 0 saturated carbocycles. The number of alkyl halides is 2. The monoisotopic (exact) mass is 344 g/mol. The molecule has 0 aromatic heterocycles. The average Bonchev–Trinajstić information content (AvgIpc) is 2.52. The summed E-state index contributed by atoms with van der Waals surface area (Å²) < 4.78 is 71.1. The van der Waals surface area contributed by atoms with Crippen LogP contribution in [0.1, 0.15) is 30.0 Å². The zero-order chi connectivity index (χ0) is 17.7. The number of halogens is 5. The second kappa shape index (κ2) is 7.75. The maximum absolute atomic E-state index is 13.8. The molecule has 0 unspecified atom stereocenters. The van der Waals surface area contributed by atoms with Crippen LogP contribution in [0.15, 0.2) is 36.4 Å². The van der Waals surface area contributed by atoms with E-state index in [1.165, 1.54) is 0 Å². The molecule has 0 heterocycles. The first kappa shape index (κ1) is 18.4. The Kier molecular flexibility index (Phi) is 5.94. The van der Waals surface area contributed by atoms with Crippen molar-refractivity contribution >= 4 is 0 Å². The van der Waals surface area contributed by atoms with Crippen molar-refractivity contribution < 1.29 is 26.7 Å². The van der Waals surface area contributed by atoms with Gasteiger partial charge < -0.3 is 4.74 Å². The van der Waals surface area contributed by atoms with E-state index in [1.54, 1.807) is 12.1 Å². The average molecular weight is 344 g/mol. The van der Waals surface area contributed by atoms with Crippen LogP contribution in [0.25, 0.3) is 0 Å². The summed E-state index contributed by atoms with van der Waals surface area (Å²) in [5, 5.41) is 0. The molecule has 0 spiro atoms. The molecule has 2 aromatic rings. The molecule has 2 rings (SSSR count). The van der Waals surface area contributed by atoms with Gasteiger partial charge in [-0.1, -0.05) is 37.6 Å². The van der Waals surface area contributed by atoms with Gasteiger partial charge >= 0.3 is 6.11 Å². The molecule has 0 aliphatic heterocycles. The van der Waals surface area contributed by atoms with Crippen molar-refractivity contribution in [3.8, 4) is 0 Å². The van der Waals surface area contributed by atoms with Gasteiger partial charge in [-0.25, -0.2) is 13.2 Å². The van der Waals surface area contributed by atoms with Crippen LogP contribution in [-0.4, -0.2) is 6.11 Å². The lowest BCUT2D eigenvalue weighted by molar-refractivity contribution is -0.244. The molecule has 0 radical (unpaired) electrons. The molecule has 0 N–H and O–H groups in total. The van der Waals surface area contributed by atoms with Gasteiger partial charge in [-0.3, -0.25) is 0 Å². The minimum atomic E-state index is -3.63. The Morgan fingerprint density at radius 2 is 1.42 bits per heavy atom.